The van der Waals surface area contributed by atoms with E-state index in [1.165, 1.54) is 60.2 Å². The van der Waals surface area contributed by atoms with Gasteiger partial charge >= 0.3 is 0 Å². The smallest absolute Gasteiger partial charge is 0.133 e. The highest BCUT2D eigenvalue weighted by Gasteiger charge is 2.25. The fourth-order valence-electron chi connectivity index (χ4n) is 2.92. The van der Waals surface area contributed by atoms with E-state index in [0.717, 1.165) is 0 Å². The summed E-state index contributed by atoms with van der Waals surface area (Å²) in [6, 6.07) is 9.61. The van der Waals surface area contributed by atoms with Crippen molar-refractivity contribution in [2.45, 2.75) is 37.2 Å². The van der Waals surface area contributed by atoms with Gasteiger partial charge in [-0.25, -0.2) is 0 Å². The summed E-state index contributed by atoms with van der Waals surface area (Å²) in [6.07, 6.45) is 5.90. The molecule has 0 aliphatic carbocycles. The standard InChI is InChI=1S/C16H24S2.2ClH/c1-2-10-17(9-1)13-15-5-7-16(8-6-15)14-18-11-3-4-12-18;;/h5-8H,1-4,9-14H2;2*1H/q+2;;/p-2. The monoisotopic (exact) mass is 350 g/mol. The van der Waals surface area contributed by atoms with Crippen LogP contribution in [0.3, 0.4) is 0 Å². The van der Waals surface area contributed by atoms with E-state index >= 15 is 0 Å². The average molecular weight is 351 g/mol. The first-order chi connectivity index (χ1) is 8.90. The molecule has 0 amide bonds. The highest BCUT2D eigenvalue weighted by Crippen LogP contribution is 2.21. The molecule has 4 heteroatoms. The van der Waals surface area contributed by atoms with Crippen molar-refractivity contribution in [3.8, 4) is 0 Å². The summed E-state index contributed by atoms with van der Waals surface area (Å²) in [5.74, 6) is 8.67. The molecule has 0 N–H and O–H groups in total. The number of hydrogen-bond donors (Lipinski definition) is 0. The summed E-state index contributed by atoms with van der Waals surface area (Å²) >= 11 is 0. The van der Waals surface area contributed by atoms with Crippen LogP contribution in [0.15, 0.2) is 24.3 Å². The number of rotatable bonds is 4. The van der Waals surface area contributed by atoms with Gasteiger partial charge in [0.15, 0.2) is 0 Å². The Morgan fingerprint density at radius 1 is 0.600 bits per heavy atom. The van der Waals surface area contributed by atoms with Crippen LogP contribution in [0.2, 0.25) is 0 Å². The second-order valence-corrected chi connectivity index (χ2v) is 10.2. The van der Waals surface area contributed by atoms with Gasteiger partial charge in [0, 0.05) is 11.1 Å². The molecular formula is C16H24Cl2S2. The maximum Gasteiger partial charge on any atom is 0.133 e. The zero-order chi connectivity index (χ0) is 12.2. The van der Waals surface area contributed by atoms with E-state index < -0.39 is 0 Å². The van der Waals surface area contributed by atoms with Crippen LogP contribution < -0.4 is 24.8 Å². The molecule has 0 nitrogen and oxygen atoms in total. The number of halogens is 2. The minimum atomic E-state index is 0. The average Bonchev–Trinajstić information content (AvgIpc) is 3.05. The van der Waals surface area contributed by atoms with Crippen LogP contribution in [0.5, 0.6) is 0 Å². The largest absolute Gasteiger partial charge is 1.00 e. The Morgan fingerprint density at radius 3 is 1.20 bits per heavy atom. The van der Waals surface area contributed by atoms with Gasteiger partial charge in [-0.3, -0.25) is 0 Å². The van der Waals surface area contributed by atoms with Crippen molar-refractivity contribution in [1.82, 2.24) is 0 Å². The Balaban J connectivity index is 0.000001000. The summed E-state index contributed by atoms with van der Waals surface area (Å²) in [5, 5.41) is 0. The van der Waals surface area contributed by atoms with Crippen LogP contribution in [-0.4, -0.2) is 23.0 Å². The summed E-state index contributed by atoms with van der Waals surface area (Å²) < 4.78 is 0. The topological polar surface area (TPSA) is 0 Å². The van der Waals surface area contributed by atoms with E-state index in [9.17, 15) is 0 Å². The zero-order valence-corrected chi connectivity index (χ0v) is 15.1. The molecule has 0 saturated carbocycles. The van der Waals surface area contributed by atoms with Gasteiger partial charge in [-0.15, -0.1) is 0 Å². The van der Waals surface area contributed by atoms with E-state index in [-0.39, 0.29) is 24.8 Å². The van der Waals surface area contributed by atoms with Gasteiger partial charge in [0.25, 0.3) is 0 Å². The Hall–Kier alpha value is 0.500. The minimum absolute atomic E-state index is 0. The third-order valence-electron chi connectivity index (χ3n) is 4.00. The van der Waals surface area contributed by atoms with Gasteiger partial charge in [-0.1, -0.05) is 24.3 Å². The number of hydrogen-bond acceptors (Lipinski definition) is 0. The Labute approximate surface area is 142 Å². The summed E-state index contributed by atoms with van der Waals surface area (Å²) in [7, 11) is 1.43. The lowest BCUT2D eigenvalue weighted by atomic mass is 10.2. The van der Waals surface area contributed by atoms with Crippen molar-refractivity contribution in [2.75, 3.05) is 23.0 Å². The van der Waals surface area contributed by atoms with Crippen LogP contribution in [0.25, 0.3) is 0 Å². The molecule has 1 aromatic rings. The first-order valence-corrected chi connectivity index (χ1v) is 10.7. The van der Waals surface area contributed by atoms with Crippen LogP contribution in [-0.2, 0) is 33.3 Å². The van der Waals surface area contributed by atoms with E-state index in [4.69, 9.17) is 0 Å². The lowest BCUT2D eigenvalue weighted by Crippen LogP contribution is -3.00. The highest BCUT2D eigenvalue weighted by molar-refractivity contribution is 7.96. The third kappa shape index (κ3) is 5.36. The van der Waals surface area contributed by atoms with Crippen molar-refractivity contribution in [2.24, 2.45) is 0 Å². The predicted octanol–water partition coefficient (Wildman–Crippen LogP) is -2.48. The Morgan fingerprint density at radius 2 is 0.900 bits per heavy atom. The van der Waals surface area contributed by atoms with Crippen LogP contribution in [0.4, 0.5) is 0 Å². The first kappa shape index (κ1) is 18.5. The second-order valence-electron chi connectivity index (χ2n) is 5.56. The predicted molar refractivity (Wildman–Crippen MR) is 86.5 cm³/mol. The quantitative estimate of drug-likeness (QED) is 0.527. The highest BCUT2D eigenvalue weighted by atomic mass is 35.5. The molecular weight excluding hydrogens is 327 g/mol. The van der Waals surface area contributed by atoms with Gasteiger partial charge in [0.05, 0.1) is 0 Å². The summed E-state index contributed by atoms with van der Waals surface area (Å²) in [5.41, 5.74) is 3.16. The molecule has 0 radical (unpaired) electrons. The Bertz CT molecular complexity index is 332. The zero-order valence-electron chi connectivity index (χ0n) is 12.0. The van der Waals surface area contributed by atoms with E-state index in [1.54, 1.807) is 11.1 Å². The lowest BCUT2D eigenvalue weighted by molar-refractivity contribution is -0.00100. The van der Waals surface area contributed by atoms with Gasteiger partial charge < -0.3 is 24.8 Å². The lowest BCUT2D eigenvalue weighted by Gasteiger charge is -2.04. The molecule has 0 bridgehead atoms. The molecule has 114 valence electrons. The van der Waals surface area contributed by atoms with Crippen LogP contribution >= 0.6 is 0 Å². The fourth-order valence-corrected chi connectivity index (χ4v) is 7.68. The van der Waals surface area contributed by atoms with Crippen molar-refractivity contribution in [3.63, 3.8) is 0 Å². The summed E-state index contributed by atoms with van der Waals surface area (Å²) in [6.45, 7) is 0. The molecule has 0 atom stereocenters. The molecule has 0 unspecified atom stereocenters. The van der Waals surface area contributed by atoms with Gasteiger partial charge in [0.1, 0.15) is 34.5 Å². The molecule has 0 aromatic heterocycles. The number of benzene rings is 1. The molecule has 0 spiro atoms. The molecule has 2 saturated heterocycles. The molecule has 3 rings (SSSR count). The second kappa shape index (κ2) is 9.50. The molecule has 1 aromatic carbocycles. The summed E-state index contributed by atoms with van der Waals surface area (Å²) in [4.78, 5) is 0. The van der Waals surface area contributed by atoms with Crippen LogP contribution in [0, 0.1) is 0 Å². The third-order valence-corrected chi connectivity index (χ3v) is 8.94. The van der Waals surface area contributed by atoms with Crippen molar-refractivity contribution >= 4 is 21.8 Å². The molecule has 2 heterocycles. The maximum absolute atomic E-state index is 2.40. The first-order valence-electron chi connectivity index (χ1n) is 7.26. The maximum atomic E-state index is 2.40. The minimum Gasteiger partial charge on any atom is -1.00 e. The van der Waals surface area contributed by atoms with E-state index in [1.807, 2.05) is 0 Å². The van der Waals surface area contributed by atoms with Crippen molar-refractivity contribution in [3.05, 3.63) is 35.4 Å². The normalized spacial score (nSPS) is 19.6. The van der Waals surface area contributed by atoms with E-state index in [2.05, 4.69) is 24.3 Å². The van der Waals surface area contributed by atoms with E-state index in [0.29, 0.717) is 21.8 Å². The molecule has 20 heavy (non-hydrogen) atoms. The molecule has 2 aliphatic heterocycles. The Kier molecular flexibility index (Phi) is 8.81. The molecule has 2 aliphatic rings. The van der Waals surface area contributed by atoms with Crippen LogP contribution in [0.1, 0.15) is 36.8 Å². The SMILES string of the molecule is [Cl-].[Cl-].c1cc(C[S+]2CCCC2)ccc1C[S+]1CCCC1. The van der Waals surface area contributed by atoms with Gasteiger partial charge in [-0.2, -0.15) is 0 Å². The van der Waals surface area contributed by atoms with Gasteiger partial charge in [-0.05, 0) is 47.5 Å². The van der Waals surface area contributed by atoms with Crippen molar-refractivity contribution in [1.29, 1.82) is 0 Å². The molecule has 2 fully saturated rings. The van der Waals surface area contributed by atoms with Gasteiger partial charge in [0.2, 0.25) is 0 Å². The van der Waals surface area contributed by atoms with Crippen molar-refractivity contribution < 1.29 is 24.8 Å². The fraction of sp³-hybridized carbons (Fsp3) is 0.625.